The fraction of sp³-hybridized carbons (Fsp3) is 0.373. The van der Waals surface area contributed by atoms with Gasteiger partial charge in [0.05, 0.1) is 21.5 Å². The molecule has 13 nitrogen and oxygen atoms in total. The second-order valence-corrected chi connectivity index (χ2v) is 18.1. The van der Waals surface area contributed by atoms with Gasteiger partial charge in [-0.15, -0.1) is 22.7 Å². The van der Waals surface area contributed by atoms with Crippen LogP contribution in [0.2, 0.25) is 0 Å². The molecule has 15 heteroatoms. The molecule has 2 fully saturated rings. The van der Waals surface area contributed by atoms with Gasteiger partial charge in [0.25, 0.3) is 5.91 Å². The number of hydrogen-bond acceptors (Lipinski definition) is 13. The number of phenols is 1. The Labute approximate surface area is 396 Å². The molecule has 2 aromatic heterocycles. The summed E-state index contributed by atoms with van der Waals surface area (Å²) in [5, 5.41) is 44.8. The monoisotopic (exact) mass is 937 g/mol. The van der Waals surface area contributed by atoms with E-state index in [1.807, 2.05) is 48.9 Å². The Morgan fingerprint density at radius 1 is 0.955 bits per heavy atom. The SMILES string of the molecule is CC.CCCN1CCC2(CC1)CC(OC(=O)C(O)(c1cccs1)c1cccs1)C2.CNc1c(O)ccc(C(O)CNCc2ccc(NC(=O)c3ccc(N(C)C=O)cc3)cc2)c1/C=C\C=O. The van der Waals surface area contributed by atoms with Gasteiger partial charge in [0.2, 0.25) is 12.0 Å². The standard InChI is InChI=1S/C28H30N4O5.C21H27NO3S2.C2H6/c1-29-27-24(4-3-15-33)23(13-14-25(27)35)26(36)17-30-16-19-5-9-21(10-6-19)31-28(37)20-7-11-22(12-8-20)32(2)18-34;1-2-9-22-10-7-20(8-11-22)14-16(15-20)25-19(23)21(24,17-5-3-12-26-17)18-6-4-13-27-18;1-2/h3-15,18,26,29-30,35-36H,16-17H2,1-2H3,(H,31,37);3-6,12-13,16,24H,2,7-11,14-15H2,1H3;1-2H3/b4-3-;;. The van der Waals surface area contributed by atoms with E-state index in [-0.39, 0.29) is 24.3 Å². The number of anilines is 3. The molecule has 2 amide bonds. The quantitative estimate of drug-likeness (QED) is 0.0214. The molecule has 352 valence electrons. The lowest BCUT2D eigenvalue weighted by Gasteiger charge is -2.51. The number of likely N-dealkylation sites (tertiary alicyclic amines) is 1. The number of aliphatic hydroxyl groups is 2. The van der Waals surface area contributed by atoms with E-state index < -0.39 is 17.7 Å². The van der Waals surface area contributed by atoms with E-state index in [9.17, 15) is 34.5 Å². The number of hydrogen-bond donors (Lipinski definition) is 6. The molecule has 1 aliphatic heterocycles. The lowest BCUT2D eigenvalue weighted by atomic mass is 9.61. The van der Waals surface area contributed by atoms with E-state index in [0.717, 1.165) is 31.5 Å². The molecule has 1 spiro atoms. The van der Waals surface area contributed by atoms with Crippen LogP contribution in [-0.4, -0.2) is 91.2 Å². The van der Waals surface area contributed by atoms with Crippen molar-refractivity contribution in [3.05, 3.63) is 134 Å². The zero-order valence-electron chi connectivity index (χ0n) is 38.4. The average molecular weight is 938 g/mol. The Hall–Kier alpha value is -5.68. The van der Waals surface area contributed by atoms with Crippen LogP contribution in [-0.2, 0) is 31.3 Å². The molecular formula is C51H63N5O8S2. The summed E-state index contributed by atoms with van der Waals surface area (Å²) in [6.45, 7) is 10.4. The summed E-state index contributed by atoms with van der Waals surface area (Å²) in [6, 6.07) is 24.5. The van der Waals surface area contributed by atoms with E-state index in [1.165, 1.54) is 65.5 Å². The highest BCUT2D eigenvalue weighted by molar-refractivity contribution is 7.12. The number of aldehydes is 1. The first-order valence-corrected chi connectivity index (χ1v) is 24.2. The van der Waals surface area contributed by atoms with Crippen LogP contribution in [0.25, 0.3) is 6.08 Å². The van der Waals surface area contributed by atoms with Crippen molar-refractivity contribution >= 4 is 70.4 Å². The lowest BCUT2D eigenvalue weighted by Crippen LogP contribution is -2.51. The molecule has 1 saturated carbocycles. The maximum Gasteiger partial charge on any atom is 0.349 e. The number of aromatic hydroxyl groups is 1. The van der Waals surface area contributed by atoms with Gasteiger partial charge < -0.3 is 45.8 Å². The van der Waals surface area contributed by atoms with Crippen LogP contribution in [0.15, 0.2) is 102 Å². The van der Waals surface area contributed by atoms with Crippen molar-refractivity contribution in [3.8, 4) is 5.75 Å². The maximum atomic E-state index is 13.0. The Morgan fingerprint density at radius 3 is 2.14 bits per heavy atom. The van der Waals surface area contributed by atoms with Crippen molar-refractivity contribution in [3.63, 3.8) is 0 Å². The highest BCUT2D eigenvalue weighted by Gasteiger charge is 2.51. The number of aliphatic hydroxyl groups excluding tert-OH is 1. The molecule has 3 heterocycles. The summed E-state index contributed by atoms with van der Waals surface area (Å²) in [5.74, 6) is -0.772. The summed E-state index contributed by atoms with van der Waals surface area (Å²) in [6.07, 6.45) is 8.70. The highest BCUT2D eigenvalue weighted by atomic mass is 32.1. The summed E-state index contributed by atoms with van der Waals surface area (Å²) in [5.41, 5.74) is 2.94. The number of esters is 1. The normalized spacial score (nSPS) is 15.0. The third-order valence-electron chi connectivity index (χ3n) is 11.9. The van der Waals surface area contributed by atoms with Crippen molar-refractivity contribution in [1.29, 1.82) is 0 Å². The van der Waals surface area contributed by atoms with Crippen molar-refractivity contribution < 1.29 is 39.2 Å². The molecule has 0 radical (unpaired) electrons. The van der Waals surface area contributed by atoms with Crippen molar-refractivity contribution in [2.75, 3.05) is 55.8 Å². The zero-order valence-corrected chi connectivity index (χ0v) is 40.0. The van der Waals surface area contributed by atoms with Crippen LogP contribution < -0.4 is 20.9 Å². The molecule has 1 saturated heterocycles. The van der Waals surface area contributed by atoms with Gasteiger partial charge in [0.1, 0.15) is 18.1 Å². The van der Waals surface area contributed by atoms with Crippen molar-refractivity contribution in [2.45, 2.75) is 77.2 Å². The number of nitrogens with one attached hydrogen (secondary N) is 3. The fourth-order valence-corrected chi connectivity index (χ4v) is 9.98. The summed E-state index contributed by atoms with van der Waals surface area (Å²) >= 11 is 2.77. The number of allylic oxidation sites excluding steroid dienone is 1. The number of carbonyl (C=O) groups is 4. The van der Waals surface area contributed by atoms with Crippen molar-refractivity contribution in [2.24, 2.45) is 5.41 Å². The minimum atomic E-state index is -1.68. The smallest absolute Gasteiger partial charge is 0.349 e. The number of nitrogens with zero attached hydrogens (tertiary/aromatic N) is 2. The van der Waals surface area contributed by atoms with Gasteiger partial charge in [-0.1, -0.05) is 51.1 Å². The Kier molecular flexibility index (Phi) is 19.2. The number of phenolic OH excluding ortho intramolecular Hbond substituents is 1. The summed E-state index contributed by atoms with van der Waals surface area (Å²) in [7, 11) is 3.29. The van der Waals surface area contributed by atoms with Gasteiger partial charge in [-0.25, -0.2) is 4.79 Å². The molecule has 66 heavy (non-hydrogen) atoms. The van der Waals surface area contributed by atoms with Crippen LogP contribution in [0.4, 0.5) is 17.1 Å². The minimum absolute atomic E-state index is 0.0201. The van der Waals surface area contributed by atoms with Gasteiger partial charge in [-0.3, -0.25) is 14.4 Å². The van der Waals surface area contributed by atoms with Crippen LogP contribution >= 0.6 is 22.7 Å². The topological polar surface area (TPSA) is 181 Å². The Balaban J connectivity index is 0.000000248. The number of piperidine rings is 1. The fourth-order valence-electron chi connectivity index (χ4n) is 8.27. The predicted molar refractivity (Wildman–Crippen MR) is 265 cm³/mol. The van der Waals surface area contributed by atoms with Crippen LogP contribution in [0.5, 0.6) is 5.75 Å². The minimum Gasteiger partial charge on any atom is -0.506 e. The van der Waals surface area contributed by atoms with E-state index in [1.54, 1.807) is 74.8 Å². The first kappa shape index (κ1) is 51.3. The first-order chi connectivity index (χ1) is 31.9. The average Bonchev–Trinajstić information content (AvgIpc) is 4.09. The van der Waals surface area contributed by atoms with Gasteiger partial charge in [0, 0.05) is 49.7 Å². The molecule has 7 rings (SSSR count). The second kappa shape index (κ2) is 24.7. The third kappa shape index (κ3) is 12.8. The van der Waals surface area contributed by atoms with Crippen LogP contribution in [0.3, 0.4) is 0 Å². The Bertz CT molecular complexity index is 2290. The molecule has 1 atom stereocenters. The van der Waals surface area contributed by atoms with Gasteiger partial charge >= 0.3 is 5.97 Å². The summed E-state index contributed by atoms with van der Waals surface area (Å²) in [4.78, 5) is 52.4. The number of thiophene rings is 2. The molecule has 1 unspecified atom stereocenters. The number of benzene rings is 3. The Morgan fingerprint density at radius 2 is 1.59 bits per heavy atom. The van der Waals surface area contributed by atoms with E-state index in [2.05, 4.69) is 27.8 Å². The van der Waals surface area contributed by atoms with Gasteiger partial charge in [0.15, 0.2) is 0 Å². The molecule has 6 N–H and O–H groups in total. The molecule has 1 aliphatic carbocycles. The molecule has 5 aromatic rings. The molecule has 3 aromatic carbocycles. The lowest BCUT2D eigenvalue weighted by molar-refractivity contribution is -0.181. The number of amides is 2. The van der Waals surface area contributed by atoms with Crippen LogP contribution in [0.1, 0.15) is 95.8 Å². The molecular weight excluding hydrogens is 875 g/mol. The number of carbonyl (C=O) groups excluding carboxylic acids is 4. The predicted octanol–water partition coefficient (Wildman–Crippen LogP) is 8.58. The second-order valence-electron chi connectivity index (χ2n) is 16.2. The third-order valence-corrected chi connectivity index (χ3v) is 13.8. The molecule has 2 aliphatic rings. The van der Waals surface area contributed by atoms with E-state index >= 15 is 0 Å². The maximum absolute atomic E-state index is 13.0. The van der Waals surface area contributed by atoms with Gasteiger partial charge in [-0.2, -0.15) is 0 Å². The molecule has 0 bridgehead atoms. The zero-order chi connectivity index (χ0) is 47.7. The summed E-state index contributed by atoms with van der Waals surface area (Å²) < 4.78 is 5.81. The largest absolute Gasteiger partial charge is 0.506 e. The van der Waals surface area contributed by atoms with E-state index in [4.69, 9.17) is 4.74 Å². The van der Waals surface area contributed by atoms with Crippen LogP contribution in [0, 0.1) is 5.41 Å². The first-order valence-electron chi connectivity index (χ1n) is 22.4. The van der Waals surface area contributed by atoms with Crippen molar-refractivity contribution in [1.82, 2.24) is 10.2 Å². The highest BCUT2D eigenvalue weighted by Crippen LogP contribution is 2.51. The number of rotatable bonds is 18. The van der Waals surface area contributed by atoms with E-state index in [0.29, 0.717) is 68.2 Å². The van der Waals surface area contributed by atoms with Gasteiger partial charge in [-0.05, 0) is 146 Å². The number of ether oxygens (including phenoxy) is 1.